The first kappa shape index (κ1) is 12.3. The van der Waals surface area contributed by atoms with Gasteiger partial charge in [0.1, 0.15) is 5.82 Å². The van der Waals surface area contributed by atoms with Gasteiger partial charge in [0.05, 0.1) is 5.69 Å². The largest absolute Gasteiger partial charge is 0.369 e. The number of aryl methyl sites for hydroxylation is 1. The number of nitrogens with one attached hydrogen (secondary N) is 1. The van der Waals surface area contributed by atoms with Gasteiger partial charge >= 0.3 is 0 Å². The lowest BCUT2D eigenvalue weighted by Gasteiger charge is -2.28. The van der Waals surface area contributed by atoms with Gasteiger partial charge < -0.3 is 10.2 Å². The van der Waals surface area contributed by atoms with Gasteiger partial charge in [-0.15, -0.1) is 0 Å². The van der Waals surface area contributed by atoms with Crippen molar-refractivity contribution in [3.63, 3.8) is 0 Å². The summed E-state index contributed by atoms with van der Waals surface area (Å²) < 4.78 is 0. The van der Waals surface area contributed by atoms with E-state index in [1.807, 2.05) is 6.92 Å². The second-order valence-electron chi connectivity index (χ2n) is 4.95. The van der Waals surface area contributed by atoms with Crippen LogP contribution in [0, 0.1) is 12.8 Å². The van der Waals surface area contributed by atoms with Crippen LogP contribution < -0.4 is 5.32 Å². The van der Waals surface area contributed by atoms with Crippen molar-refractivity contribution in [1.82, 2.24) is 14.9 Å². The number of hydrogen-bond donors (Lipinski definition) is 1. The zero-order valence-electron chi connectivity index (χ0n) is 10.8. The van der Waals surface area contributed by atoms with Crippen LogP contribution in [0.3, 0.4) is 0 Å². The zero-order valence-corrected chi connectivity index (χ0v) is 10.8. The van der Waals surface area contributed by atoms with E-state index >= 15 is 0 Å². The molecule has 2 rings (SSSR count). The molecule has 0 radical (unpaired) electrons. The van der Waals surface area contributed by atoms with Crippen molar-refractivity contribution >= 4 is 5.82 Å². The molecule has 94 valence electrons. The summed E-state index contributed by atoms with van der Waals surface area (Å²) in [6.07, 6.45) is 7.38. The maximum atomic E-state index is 4.29. The van der Waals surface area contributed by atoms with Crippen molar-refractivity contribution in [2.24, 2.45) is 5.92 Å². The molecular weight excluding hydrogens is 212 g/mol. The highest BCUT2D eigenvalue weighted by atomic mass is 15.1. The van der Waals surface area contributed by atoms with Crippen LogP contribution in [0.15, 0.2) is 12.4 Å². The van der Waals surface area contributed by atoms with Crippen molar-refractivity contribution in [3.05, 3.63) is 18.1 Å². The van der Waals surface area contributed by atoms with Gasteiger partial charge in [-0.2, -0.15) is 0 Å². The summed E-state index contributed by atoms with van der Waals surface area (Å²) in [6, 6.07) is 0. The fourth-order valence-electron chi connectivity index (χ4n) is 2.33. The summed E-state index contributed by atoms with van der Waals surface area (Å²) in [5, 5.41) is 3.38. The molecule has 0 bridgehead atoms. The lowest BCUT2D eigenvalue weighted by Crippen LogP contribution is -2.30. The Labute approximate surface area is 103 Å². The number of nitrogens with zero attached hydrogens (tertiary/aromatic N) is 3. The minimum absolute atomic E-state index is 0.871. The topological polar surface area (TPSA) is 41.1 Å². The Morgan fingerprint density at radius 3 is 2.71 bits per heavy atom. The van der Waals surface area contributed by atoms with Crippen LogP contribution >= 0.6 is 0 Å². The fourth-order valence-corrected chi connectivity index (χ4v) is 2.33. The number of aromatic nitrogens is 2. The van der Waals surface area contributed by atoms with Crippen molar-refractivity contribution in [1.29, 1.82) is 0 Å². The Bertz CT molecular complexity index is 345. The molecule has 1 aromatic rings. The summed E-state index contributed by atoms with van der Waals surface area (Å²) in [5.41, 5.74) is 0.982. The van der Waals surface area contributed by atoms with Crippen molar-refractivity contribution in [2.75, 3.05) is 32.0 Å². The molecule has 4 heteroatoms. The van der Waals surface area contributed by atoms with E-state index < -0.39 is 0 Å². The minimum atomic E-state index is 0.871. The molecule has 1 aliphatic heterocycles. The first-order valence-corrected chi connectivity index (χ1v) is 6.45. The Kier molecular flexibility index (Phi) is 4.31. The van der Waals surface area contributed by atoms with Gasteiger partial charge in [0, 0.05) is 18.9 Å². The van der Waals surface area contributed by atoms with Gasteiger partial charge in [0.15, 0.2) is 0 Å². The third kappa shape index (κ3) is 3.66. The van der Waals surface area contributed by atoms with Gasteiger partial charge in [0.2, 0.25) is 0 Å². The monoisotopic (exact) mass is 234 g/mol. The van der Waals surface area contributed by atoms with E-state index in [9.17, 15) is 0 Å². The van der Waals surface area contributed by atoms with Gasteiger partial charge in [0.25, 0.3) is 0 Å². The van der Waals surface area contributed by atoms with Crippen molar-refractivity contribution in [2.45, 2.75) is 26.2 Å². The first-order valence-electron chi connectivity index (χ1n) is 6.45. The van der Waals surface area contributed by atoms with E-state index in [1.165, 1.54) is 32.4 Å². The molecule has 0 atom stereocenters. The number of piperidine rings is 1. The van der Waals surface area contributed by atoms with Crippen LogP contribution in [0.4, 0.5) is 5.82 Å². The summed E-state index contributed by atoms with van der Waals surface area (Å²) >= 11 is 0. The Hall–Kier alpha value is -1.16. The van der Waals surface area contributed by atoms with Crippen LogP contribution in [0.25, 0.3) is 0 Å². The number of anilines is 1. The van der Waals surface area contributed by atoms with E-state index in [1.54, 1.807) is 12.4 Å². The van der Waals surface area contributed by atoms with Gasteiger partial charge in [-0.3, -0.25) is 4.98 Å². The molecule has 0 aliphatic carbocycles. The van der Waals surface area contributed by atoms with Crippen molar-refractivity contribution in [3.8, 4) is 0 Å². The second-order valence-corrected chi connectivity index (χ2v) is 4.95. The second kappa shape index (κ2) is 5.96. The van der Waals surface area contributed by atoms with Gasteiger partial charge in [-0.25, -0.2) is 4.98 Å². The molecule has 0 amide bonds. The molecule has 1 aliphatic rings. The highest BCUT2D eigenvalue weighted by Crippen LogP contribution is 2.19. The lowest BCUT2D eigenvalue weighted by molar-refractivity contribution is 0.215. The molecule has 4 nitrogen and oxygen atoms in total. The molecule has 0 spiro atoms. The third-order valence-electron chi connectivity index (χ3n) is 3.56. The quantitative estimate of drug-likeness (QED) is 0.864. The molecule has 17 heavy (non-hydrogen) atoms. The predicted octanol–water partition coefficient (Wildman–Crippen LogP) is 1.93. The molecule has 0 saturated carbocycles. The molecule has 0 unspecified atom stereocenters. The Morgan fingerprint density at radius 1 is 1.29 bits per heavy atom. The first-order chi connectivity index (χ1) is 8.25. The van der Waals surface area contributed by atoms with Crippen LogP contribution in [0.5, 0.6) is 0 Å². The maximum absolute atomic E-state index is 4.29. The Morgan fingerprint density at radius 2 is 2.00 bits per heavy atom. The minimum Gasteiger partial charge on any atom is -0.369 e. The van der Waals surface area contributed by atoms with Gasteiger partial charge in [-0.05, 0) is 52.2 Å². The van der Waals surface area contributed by atoms with Crippen LogP contribution in [-0.2, 0) is 0 Å². The van der Waals surface area contributed by atoms with Crippen LogP contribution in [-0.4, -0.2) is 41.5 Å². The number of hydrogen-bond acceptors (Lipinski definition) is 4. The standard InChI is InChI=1S/C13H22N4/c1-11-13(16-8-7-14-11)15-6-3-12-4-9-17(2)10-5-12/h7-8,12H,3-6,9-10H2,1-2H3,(H,15,16). The van der Waals surface area contributed by atoms with Crippen LogP contribution in [0.2, 0.25) is 0 Å². The molecule has 0 aromatic carbocycles. The summed E-state index contributed by atoms with van der Waals surface area (Å²) in [7, 11) is 2.21. The highest BCUT2D eigenvalue weighted by molar-refractivity contribution is 5.37. The smallest absolute Gasteiger partial charge is 0.147 e. The zero-order chi connectivity index (χ0) is 12.1. The highest BCUT2D eigenvalue weighted by Gasteiger charge is 2.16. The third-order valence-corrected chi connectivity index (χ3v) is 3.56. The normalized spacial score (nSPS) is 18.2. The fraction of sp³-hybridized carbons (Fsp3) is 0.692. The molecule has 1 aromatic heterocycles. The molecule has 1 N–H and O–H groups in total. The predicted molar refractivity (Wildman–Crippen MR) is 70.1 cm³/mol. The number of likely N-dealkylation sites (tertiary alicyclic amines) is 1. The van der Waals surface area contributed by atoms with Crippen LogP contribution in [0.1, 0.15) is 25.0 Å². The SMILES string of the molecule is Cc1nccnc1NCCC1CCN(C)CC1. The molecule has 1 fully saturated rings. The average Bonchev–Trinajstić information content (AvgIpc) is 2.34. The number of rotatable bonds is 4. The van der Waals surface area contributed by atoms with E-state index in [-0.39, 0.29) is 0 Å². The molecule has 2 heterocycles. The lowest BCUT2D eigenvalue weighted by atomic mass is 9.94. The average molecular weight is 234 g/mol. The van der Waals surface area contributed by atoms with E-state index in [0.29, 0.717) is 0 Å². The Balaban J connectivity index is 1.71. The van der Waals surface area contributed by atoms with E-state index in [2.05, 4.69) is 27.2 Å². The van der Waals surface area contributed by atoms with Crippen molar-refractivity contribution < 1.29 is 0 Å². The molecular formula is C13H22N4. The van der Waals surface area contributed by atoms with E-state index in [4.69, 9.17) is 0 Å². The van der Waals surface area contributed by atoms with Gasteiger partial charge in [-0.1, -0.05) is 0 Å². The maximum Gasteiger partial charge on any atom is 0.147 e. The van der Waals surface area contributed by atoms with E-state index in [0.717, 1.165) is 24.0 Å². The summed E-state index contributed by atoms with van der Waals surface area (Å²) in [4.78, 5) is 10.9. The summed E-state index contributed by atoms with van der Waals surface area (Å²) in [6.45, 7) is 5.49. The molecule has 1 saturated heterocycles. The summed E-state index contributed by atoms with van der Waals surface area (Å²) in [5.74, 6) is 1.80.